The van der Waals surface area contributed by atoms with E-state index in [1.165, 1.54) is 30.6 Å². The summed E-state index contributed by atoms with van der Waals surface area (Å²) in [5, 5.41) is 1.85. The lowest BCUT2D eigenvalue weighted by Gasteiger charge is -2.19. The molecule has 6 atom stereocenters. The molecule has 3 N–H and O–H groups in total. The summed E-state index contributed by atoms with van der Waals surface area (Å²) in [6.45, 7) is 1.37. The first-order chi connectivity index (χ1) is 16.0. The van der Waals surface area contributed by atoms with Crippen LogP contribution in [0, 0.1) is 11.8 Å². The van der Waals surface area contributed by atoms with E-state index in [9.17, 15) is 18.4 Å². The fourth-order valence-corrected chi connectivity index (χ4v) is 9.09. The van der Waals surface area contributed by atoms with Crippen molar-refractivity contribution in [3.05, 3.63) is 16.2 Å². The van der Waals surface area contributed by atoms with Crippen LogP contribution in [0.3, 0.4) is 0 Å². The van der Waals surface area contributed by atoms with Gasteiger partial charge in [-0.3, -0.25) is 9.13 Å². The van der Waals surface area contributed by atoms with Crippen molar-refractivity contribution < 1.29 is 37.5 Å². The second-order valence-corrected chi connectivity index (χ2v) is 14.4. The highest BCUT2D eigenvalue weighted by Crippen LogP contribution is 2.56. The molecule has 2 aromatic rings. The maximum atomic E-state index is 15.0. The second-order valence-electron chi connectivity index (χ2n) is 9.21. The topological polar surface area (TPSA) is 142 Å². The molecule has 0 amide bonds. The average Bonchev–Trinajstić information content (AvgIpc) is 3.46. The predicted molar refractivity (Wildman–Crippen MR) is 125 cm³/mol. The summed E-state index contributed by atoms with van der Waals surface area (Å²) < 4.78 is 49.2. The summed E-state index contributed by atoms with van der Waals surface area (Å²) in [7, 11) is -9.29. The maximum Gasteiger partial charge on any atom is 0.340 e. The number of anilines is 1. The lowest BCUT2D eigenvalue weighted by molar-refractivity contribution is 0.00501. The van der Waals surface area contributed by atoms with Gasteiger partial charge in [0.25, 0.3) is 0 Å². The number of nitrogens with zero attached hydrogens (tertiary/aromatic N) is 3. The Balaban J connectivity index is 1.33. The third-order valence-corrected chi connectivity index (χ3v) is 11.3. The van der Waals surface area contributed by atoms with Gasteiger partial charge >= 0.3 is 15.2 Å². The Labute approximate surface area is 204 Å². The first-order valence-electron chi connectivity index (χ1n) is 11.0. The number of halogens is 2. The Morgan fingerprint density at radius 3 is 2.62 bits per heavy atom. The van der Waals surface area contributed by atoms with Gasteiger partial charge in [0.05, 0.1) is 22.9 Å². The first-order valence-corrected chi connectivity index (χ1v) is 15.8. The second kappa shape index (κ2) is 9.32. The summed E-state index contributed by atoms with van der Waals surface area (Å²) in [5.74, 6) is 0.768. The van der Waals surface area contributed by atoms with Crippen molar-refractivity contribution in [3.63, 3.8) is 0 Å². The van der Waals surface area contributed by atoms with Crippen molar-refractivity contribution >= 4 is 54.2 Å². The highest BCUT2D eigenvalue weighted by atomic mass is 35.5. The van der Waals surface area contributed by atoms with Crippen molar-refractivity contribution in [3.8, 4) is 0 Å². The monoisotopic (exact) mass is 555 g/mol. The Bertz CT molecular complexity index is 1170. The van der Waals surface area contributed by atoms with Crippen molar-refractivity contribution in [2.75, 3.05) is 30.5 Å². The van der Waals surface area contributed by atoms with Gasteiger partial charge in [-0.15, -0.1) is 11.3 Å². The van der Waals surface area contributed by atoms with Crippen LogP contribution in [0.25, 0.3) is 10.2 Å². The van der Waals surface area contributed by atoms with Gasteiger partial charge in [-0.25, -0.2) is 9.37 Å². The van der Waals surface area contributed by atoms with Crippen molar-refractivity contribution in [1.82, 2.24) is 9.97 Å². The van der Waals surface area contributed by atoms with Crippen LogP contribution in [0.1, 0.15) is 37.4 Å². The summed E-state index contributed by atoms with van der Waals surface area (Å²) in [4.78, 5) is 38.5. The van der Waals surface area contributed by atoms with Gasteiger partial charge in [-0.05, 0) is 41.7 Å². The minimum Gasteiger partial charge on any atom is -0.365 e. The number of thiophene rings is 1. The van der Waals surface area contributed by atoms with Gasteiger partial charge in [0.1, 0.15) is 12.3 Å². The van der Waals surface area contributed by atoms with Crippen LogP contribution in [0.4, 0.5) is 10.2 Å². The number of rotatable bonds is 7. The number of fused-ring (bicyclic) bond motifs is 2. The number of ether oxygens (including phenoxy) is 1. The zero-order valence-corrected chi connectivity index (χ0v) is 21.4. The first kappa shape index (κ1) is 25.0. The Morgan fingerprint density at radius 2 is 1.94 bits per heavy atom. The molecule has 2 aliphatic heterocycles. The zero-order valence-electron chi connectivity index (χ0n) is 18.0. The largest absolute Gasteiger partial charge is 0.365 e. The molecule has 1 saturated carbocycles. The molecule has 2 saturated heterocycles. The molecule has 4 heterocycles. The summed E-state index contributed by atoms with van der Waals surface area (Å²) in [5.41, 5.74) is 1.06. The highest BCUT2D eigenvalue weighted by Gasteiger charge is 2.41. The highest BCUT2D eigenvalue weighted by molar-refractivity contribution is 7.70. The normalized spacial score (nSPS) is 31.3. The van der Waals surface area contributed by atoms with Crippen molar-refractivity contribution in [1.29, 1.82) is 0 Å². The molecule has 15 heteroatoms. The lowest BCUT2D eigenvalue weighted by Crippen LogP contribution is -2.22. The van der Waals surface area contributed by atoms with Gasteiger partial charge in [-0.2, -0.15) is 4.98 Å². The van der Waals surface area contributed by atoms with E-state index in [1.54, 1.807) is 5.38 Å². The number of aromatic nitrogens is 2. The van der Waals surface area contributed by atoms with Crippen LogP contribution in [0.15, 0.2) is 5.38 Å². The molecule has 34 heavy (non-hydrogen) atoms. The van der Waals surface area contributed by atoms with Gasteiger partial charge < -0.3 is 28.8 Å². The number of hydrogen-bond acceptors (Lipinski definition) is 8. The fraction of sp³-hybridized carbons (Fsp3) is 0.684. The summed E-state index contributed by atoms with van der Waals surface area (Å²) in [6.07, 6.45) is 0.349. The molecule has 10 nitrogen and oxygen atoms in total. The van der Waals surface area contributed by atoms with Gasteiger partial charge in [-0.1, -0.05) is 6.42 Å². The molecule has 2 aromatic heterocycles. The molecule has 1 aliphatic carbocycles. The fourth-order valence-electron chi connectivity index (χ4n) is 5.29. The Hall–Kier alpha value is -0.680. The minimum atomic E-state index is -4.75. The molecule has 0 aromatic carbocycles. The third kappa shape index (κ3) is 5.21. The minimum absolute atomic E-state index is 0.0751. The van der Waals surface area contributed by atoms with E-state index in [2.05, 4.69) is 14.9 Å². The van der Waals surface area contributed by atoms with Crippen LogP contribution in [-0.4, -0.2) is 62.5 Å². The van der Waals surface area contributed by atoms with Crippen LogP contribution >= 0.6 is 38.1 Å². The molecular formula is C19H25ClFN3O7P2S. The molecule has 188 valence electrons. The number of hydrogen-bond donors (Lipinski definition) is 3. The van der Waals surface area contributed by atoms with Gasteiger partial charge in [0.15, 0.2) is 11.7 Å². The number of alkyl halides is 1. The molecule has 0 radical (unpaired) electrons. The zero-order chi connectivity index (χ0) is 24.3. The summed E-state index contributed by atoms with van der Waals surface area (Å²) in [6, 6.07) is 0. The Morgan fingerprint density at radius 1 is 1.24 bits per heavy atom. The quantitative estimate of drug-likeness (QED) is 0.338. The third-order valence-electron chi connectivity index (χ3n) is 6.71. The van der Waals surface area contributed by atoms with E-state index >= 15 is 0 Å². The SMILES string of the molecule is O=P(O)(O)CP(=O)(O)OC[C@@H]1C[C@H](F)[C@H](c2csc3c(N4CC5CCCC5C4)nc(Cl)nc23)O1. The standard InChI is InChI=1S/C19H25ClFN3O7P2S/c20-19-22-15-13(8-34-17(15)18(23-19)24-5-10-2-1-3-11(10)6-24)16-14(21)4-12(31-16)7-30-33(28,29)9-32(25,26)27/h8,10-12,14,16H,1-7,9H2,(H,28,29)(H2,25,26,27)/t10?,11?,12-,14-,16-/m0/s1. The molecule has 5 rings (SSSR count). The van der Waals surface area contributed by atoms with Gasteiger partial charge in [0, 0.05) is 25.1 Å². The smallest absolute Gasteiger partial charge is 0.340 e. The van der Waals surface area contributed by atoms with Crippen LogP contribution < -0.4 is 4.90 Å². The molecule has 0 bridgehead atoms. The van der Waals surface area contributed by atoms with Crippen LogP contribution in [0.5, 0.6) is 0 Å². The van der Waals surface area contributed by atoms with Crippen molar-refractivity contribution in [2.24, 2.45) is 11.8 Å². The van der Waals surface area contributed by atoms with E-state index in [1.807, 2.05) is 0 Å². The van der Waals surface area contributed by atoms with E-state index in [0.29, 0.717) is 22.9 Å². The van der Waals surface area contributed by atoms with Crippen molar-refractivity contribution in [2.45, 2.75) is 44.1 Å². The van der Waals surface area contributed by atoms with E-state index in [4.69, 9.17) is 30.6 Å². The molecule has 0 spiro atoms. The average molecular weight is 556 g/mol. The van der Waals surface area contributed by atoms with E-state index < -0.39 is 46.1 Å². The molecule has 3 unspecified atom stereocenters. The molecular weight excluding hydrogens is 531 g/mol. The summed E-state index contributed by atoms with van der Waals surface area (Å²) >= 11 is 7.66. The molecule has 3 aliphatic rings. The maximum absolute atomic E-state index is 15.0. The molecule has 3 fully saturated rings. The lowest BCUT2D eigenvalue weighted by atomic mass is 10.0. The Kier molecular flexibility index (Phi) is 6.85. The van der Waals surface area contributed by atoms with Crippen LogP contribution in [0.2, 0.25) is 5.28 Å². The van der Waals surface area contributed by atoms with Crippen LogP contribution in [-0.2, 0) is 18.4 Å². The van der Waals surface area contributed by atoms with E-state index in [-0.39, 0.29) is 11.7 Å². The van der Waals surface area contributed by atoms with Gasteiger partial charge in [0.2, 0.25) is 5.28 Å². The predicted octanol–water partition coefficient (Wildman–Crippen LogP) is 4.09. The van der Waals surface area contributed by atoms with E-state index in [0.717, 1.165) is 23.6 Å².